The molecule has 0 aromatic rings. The van der Waals surface area contributed by atoms with E-state index in [0.29, 0.717) is 6.54 Å². The first-order chi connectivity index (χ1) is 5.94. The highest BCUT2D eigenvalue weighted by Gasteiger charge is 2.44. The second-order valence-corrected chi connectivity index (χ2v) is 3.56. The van der Waals surface area contributed by atoms with Crippen molar-refractivity contribution in [2.45, 2.75) is 38.2 Å². The molecule has 0 aromatic heterocycles. The van der Waals surface area contributed by atoms with Crippen molar-refractivity contribution in [2.75, 3.05) is 6.54 Å². The summed E-state index contributed by atoms with van der Waals surface area (Å²) in [5.41, 5.74) is -1.81. The minimum atomic E-state index is -1.81. The molecule has 5 nitrogen and oxygen atoms in total. The minimum Gasteiger partial charge on any atom is -0.478 e. The number of ether oxygens (including phenoxy) is 1. The third-order valence-electron chi connectivity index (χ3n) is 1.96. The fourth-order valence-corrected chi connectivity index (χ4v) is 1.40. The largest absolute Gasteiger partial charge is 0.478 e. The van der Waals surface area contributed by atoms with Gasteiger partial charge in [-0.05, 0) is 13.8 Å². The molecule has 1 rings (SSSR count). The summed E-state index contributed by atoms with van der Waals surface area (Å²) in [4.78, 5) is 10.6. The Morgan fingerprint density at radius 3 is 2.69 bits per heavy atom. The van der Waals surface area contributed by atoms with Crippen LogP contribution in [0.4, 0.5) is 0 Å². The molecule has 0 unspecified atom stereocenters. The van der Waals surface area contributed by atoms with Crippen molar-refractivity contribution in [2.24, 2.45) is 0 Å². The van der Waals surface area contributed by atoms with Gasteiger partial charge in [-0.1, -0.05) is 0 Å². The Balaban J connectivity index is 2.48. The molecule has 1 heterocycles. The van der Waals surface area contributed by atoms with Gasteiger partial charge in [-0.3, -0.25) is 5.32 Å². The van der Waals surface area contributed by atoms with Gasteiger partial charge in [0.05, 0.1) is 12.2 Å². The lowest BCUT2D eigenvalue weighted by atomic mass is 10.1. The molecule has 5 heteroatoms. The van der Waals surface area contributed by atoms with Crippen molar-refractivity contribution < 1.29 is 19.7 Å². The topological polar surface area (TPSA) is 78.8 Å². The fourth-order valence-electron chi connectivity index (χ4n) is 1.40. The van der Waals surface area contributed by atoms with Crippen LogP contribution in [0.3, 0.4) is 0 Å². The van der Waals surface area contributed by atoms with E-state index in [0.717, 1.165) is 0 Å². The normalized spacial score (nSPS) is 34.0. The Morgan fingerprint density at radius 1 is 1.69 bits per heavy atom. The summed E-state index contributed by atoms with van der Waals surface area (Å²) in [6, 6.07) is 0. The number of hydrogen-bond donors (Lipinski definition) is 3. The van der Waals surface area contributed by atoms with Crippen LogP contribution in [0.25, 0.3) is 0 Å². The van der Waals surface area contributed by atoms with Crippen LogP contribution in [0.5, 0.6) is 0 Å². The molecule has 13 heavy (non-hydrogen) atoms. The van der Waals surface area contributed by atoms with Gasteiger partial charge >= 0.3 is 5.97 Å². The van der Waals surface area contributed by atoms with E-state index in [9.17, 15) is 9.90 Å². The van der Waals surface area contributed by atoms with Crippen LogP contribution in [0.2, 0.25) is 0 Å². The summed E-state index contributed by atoms with van der Waals surface area (Å²) in [6.07, 6.45) is -0.0791. The lowest BCUT2D eigenvalue weighted by molar-refractivity contribution is -0.161. The number of aliphatic hydroxyl groups is 1. The van der Waals surface area contributed by atoms with Gasteiger partial charge in [-0.25, -0.2) is 4.79 Å². The molecule has 1 aliphatic heterocycles. The SMILES string of the molecule is CC(C)O[C@@H]1CN[C@](O)(C(=O)O)C1. The van der Waals surface area contributed by atoms with Crippen LogP contribution in [0, 0.1) is 0 Å². The molecule has 0 bridgehead atoms. The maximum Gasteiger partial charge on any atom is 0.351 e. The number of aliphatic carboxylic acids is 1. The molecular weight excluding hydrogens is 174 g/mol. The Kier molecular flexibility index (Phi) is 2.90. The molecule has 0 saturated carbocycles. The quantitative estimate of drug-likeness (QED) is 0.560. The first kappa shape index (κ1) is 10.4. The second kappa shape index (κ2) is 3.61. The van der Waals surface area contributed by atoms with Crippen LogP contribution in [-0.2, 0) is 9.53 Å². The Hall–Kier alpha value is -0.650. The number of carboxylic acid groups (broad SMARTS) is 1. The summed E-state index contributed by atoms with van der Waals surface area (Å²) >= 11 is 0. The molecule has 1 saturated heterocycles. The molecule has 1 fully saturated rings. The Labute approximate surface area is 76.7 Å². The van der Waals surface area contributed by atoms with E-state index in [1.807, 2.05) is 13.8 Å². The summed E-state index contributed by atoms with van der Waals surface area (Å²) in [7, 11) is 0. The minimum absolute atomic E-state index is 0.0444. The van der Waals surface area contributed by atoms with Gasteiger partial charge in [0.25, 0.3) is 0 Å². The molecule has 1 aliphatic rings. The van der Waals surface area contributed by atoms with Crippen molar-refractivity contribution in [1.29, 1.82) is 0 Å². The molecule has 0 amide bonds. The van der Waals surface area contributed by atoms with Crippen LogP contribution in [0.1, 0.15) is 20.3 Å². The third-order valence-corrected chi connectivity index (χ3v) is 1.96. The summed E-state index contributed by atoms with van der Waals surface area (Å²) in [5.74, 6) is -1.25. The first-order valence-corrected chi connectivity index (χ1v) is 4.30. The fraction of sp³-hybridized carbons (Fsp3) is 0.875. The zero-order chi connectivity index (χ0) is 10.1. The molecule has 0 radical (unpaired) electrons. The van der Waals surface area contributed by atoms with E-state index >= 15 is 0 Å². The zero-order valence-electron chi connectivity index (χ0n) is 7.78. The number of hydrogen-bond acceptors (Lipinski definition) is 4. The zero-order valence-corrected chi connectivity index (χ0v) is 7.78. The van der Waals surface area contributed by atoms with E-state index in [1.54, 1.807) is 0 Å². The standard InChI is InChI=1S/C8H15NO4/c1-5(2)13-6-3-8(12,7(10)11)9-4-6/h5-6,9,12H,3-4H2,1-2H3,(H,10,11)/t6-,8+/m0/s1. The average Bonchev–Trinajstić information content (AvgIpc) is 2.32. The molecule has 76 valence electrons. The number of carboxylic acids is 1. The Bertz CT molecular complexity index is 206. The van der Waals surface area contributed by atoms with Crippen LogP contribution in [-0.4, -0.2) is 40.7 Å². The van der Waals surface area contributed by atoms with E-state index in [4.69, 9.17) is 9.84 Å². The lowest BCUT2D eigenvalue weighted by Crippen LogP contribution is -2.47. The summed E-state index contributed by atoms with van der Waals surface area (Å²) in [6.45, 7) is 4.12. The van der Waals surface area contributed by atoms with E-state index in [-0.39, 0.29) is 18.6 Å². The number of nitrogens with one attached hydrogen (secondary N) is 1. The van der Waals surface area contributed by atoms with Crippen molar-refractivity contribution in [3.63, 3.8) is 0 Å². The average molecular weight is 189 g/mol. The molecule has 3 N–H and O–H groups in total. The highest BCUT2D eigenvalue weighted by atomic mass is 16.5. The maximum atomic E-state index is 10.6. The van der Waals surface area contributed by atoms with Gasteiger partial charge in [0.1, 0.15) is 0 Å². The molecule has 2 atom stereocenters. The van der Waals surface area contributed by atoms with Gasteiger partial charge in [0, 0.05) is 13.0 Å². The van der Waals surface area contributed by atoms with Crippen molar-refractivity contribution in [3.8, 4) is 0 Å². The predicted molar refractivity (Wildman–Crippen MR) is 45.2 cm³/mol. The Morgan fingerprint density at radius 2 is 2.31 bits per heavy atom. The summed E-state index contributed by atoms with van der Waals surface area (Å²) in [5, 5.41) is 20.6. The molecule has 0 aliphatic carbocycles. The maximum absolute atomic E-state index is 10.6. The lowest BCUT2D eigenvalue weighted by Gasteiger charge is -2.17. The third kappa shape index (κ3) is 2.40. The number of carbonyl (C=O) groups is 1. The van der Waals surface area contributed by atoms with Gasteiger partial charge in [0.2, 0.25) is 5.72 Å². The van der Waals surface area contributed by atoms with Gasteiger partial charge in [0.15, 0.2) is 0 Å². The second-order valence-electron chi connectivity index (χ2n) is 3.56. The summed E-state index contributed by atoms with van der Waals surface area (Å²) < 4.78 is 5.37. The monoisotopic (exact) mass is 189 g/mol. The smallest absolute Gasteiger partial charge is 0.351 e. The van der Waals surface area contributed by atoms with E-state index in [1.165, 1.54) is 0 Å². The highest BCUT2D eigenvalue weighted by molar-refractivity contribution is 5.77. The van der Waals surface area contributed by atoms with Crippen molar-refractivity contribution in [3.05, 3.63) is 0 Å². The van der Waals surface area contributed by atoms with Crippen molar-refractivity contribution >= 4 is 5.97 Å². The molecular formula is C8H15NO4. The van der Waals surface area contributed by atoms with Gasteiger partial charge < -0.3 is 14.9 Å². The first-order valence-electron chi connectivity index (χ1n) is 4.30. The van der Waals surface area contributed by atoms with Crippen LogP contribution in [0.15, 0.2) is 0 Å². The molecule has 0 spiro atoms. The highest BCUT2D eigenvalue weighted by Crippen LogP contribution is 2.20. The van der Waals surface area contributed by atoms with Gasteiger partial charge in [-0.2, -0.15) is 0 Å². The van der Waals surface area contributed by atoms with E-state index in [2.05, 4.69) is 5.32 Å². The van der Waals surface area contributed by atoms with Gasteiger partial charge in [-0.15, -0.1) is 0 Å². The van der Waals surface area contributed by atoms with Crippen LogP contribution >= 0.6 is 0 Å². The van der Waals surface area contributed by atoms with E-state index < -0.39 is 11.7 Å². The number of rotatable bonds is 3. The van der Waals surface area contributed by atoms with Crippen LogP contribution < -0.4 is 5.32 Å². The predicted octanol–water partition coefficient (Wildman–Crippen LogP) is -0.454. The van der Waals surface area contributed by atoms with Crippen molar-refractivity contribution in [1.82, 2.24) is 5.32 Å². The molecule has 0 aromatic carbocycles.